The first-order chi connectivity index (χ1) is 13.7. The van der Waals surface area contributed by atoms with Gasteiger partial charge in [0.15, 0.2) is 5.82 Å². The molecule has 0 saturated carbocycles. The Bertz CT molecular complexity index is 1020. The van der Waals surface area contributed by atoms with Crippen LogP contribution >= 0.6 is 23.1 Å². The lowest BCUT2D eigenvalue weighted by Crippen LogP contribution is -2.16. The molecule has 0 atom stereocenters. The van der Waals surface area contributed by atoms with Crippen molar-refractivity contribution < 1.29 is 35.9 Å². The van der Waals surface area contributed by atoms with E-state index < -0.39 is 30.0 Å². The predicted octanol–water partition coefficient (Wildman–Crippen LogP) is 5.41. The fourth-order valence-corrected chi connectivity index (χ4v) is 3.03. The molecule has 1 N–H and O–H groups in total. The highest BCUT2D eigenvalue weighted by molar-refractivity contribution is 7.09. The summed E-state index contributed by atoms with van der Waals surface area (Å²) in [5.74, 6) is -3.16. The average molecular weight is 454 g/mol. The Kier molecular flexibility index (Phi) is 6.03. The third-order valence-corrected chi connectivity index (χ3v) is 4.29. The average Bonchev–Trinajstić information content (AvgIpc) is 3.28. The number of benzene rings is 1. The highest BCUT2D eigenvalue weighted by Gasteiger charge is 2.40. The van der Waals surface area contributed by atoms with Crippen LogP contribution in [0.3, 0.4) is 0 Å². The number of rotatable bonds is 6. The number of ether oxygens (including phenoxy) is 1. The first-order valence-electron chi connectivity index (χ1n) is 7.63. The van der Waals surface area contributed by atoms with Crippen molar-refractivity contribution in [2.24, 2.45) is 0 Å². The SMILES string of the molecule is O=C(Nc1nc(CCl)ns1)c1cc(-c2cccc(OC(F)F)c2)oc1C(F)(F)F. The van der Waals surface area contributed by atoms with Gasteiger partial charge in [0, 0.05) is 17.1 Å². The normalized spacial score (nSPS) is 11.7. The highest BCUT2D eigenvalue weighted by atomic mass is 35.5. The first-order valence-corrected chi connectivity index (χ1v) is 8.94. The van der Waals surface area contributed by atoms with Crippen LogP contribution in [0.25, 0.3) is 11.3 Å². The Labute approximate surface area is 168 Å². The molecule has 0 saturated heterocycles. The Morgan fingerprint density at radius 3 is 2.69 bits per heavy atom. The van der Waals surface area contributed by atoms with Gasteiger partial charge >= 0.3 is 12.8 Å². The van der Waals surface area contributed by atoms with E-state index in [0.717, 1.165) is 23.7 Å². The molecule has 1 aromatic carbocycles. The van der Waals surface area contributed by atoms with Crippen LogP contribution < -0.4 is 10.1 Å². The molecule has 0 fully saturated rings. The number of hydrogen-bond donors (Lipinski definition) is 1. The van der Waals surface area contributed by atoms with E-state index in [1.54, 1.807) is 0 Å². The van der Waals surface area contributed by atoms with E-state index >= 15 is 0 Å². The van der Waals surface area contributed by atoms with Crippen LogP contribution in [0.1, 0.15) is 21.9 Å². The number of carbonyl (C=O) groups is 1. The van der Waals surface area contributed by atoms with Gasteiger partial charge in [-0.3, -0.25) is 10.1 Å². The molecule has 13 heteroatoms. The van der Waals surface area contributed by atoms with Gasteiger partial charge in [-0.1, -0.05) is 12.1 Å². The Hall–Kier alpha value is -2.73. The number of alkyl halides is 6. The van der Waals surface area contributed by atoms with Gasteiger partial charge in [0.2, 0.25) is 10.9 Å². The molecule has 3 aromatic rings. The van der Waals surface area contributed by atoms with E-state index in [2.05, 4.69) is 19.4 Å². The topological polar surface area (TPSA) is 77.2 Å². The lowest BCUT2D eigenvalue weighted by atomic mass is 10.1. The van der Waals surface area contributed by atoms with Gasteiger partial charge in [0.25, 0.3) is 5.91 Å². The zero-order valence-corrected chi connectivity index (χ0v) is 15.5. The summed E-state index contributed by atoms with van der Waals surface area (Å²) in [6.07, 6.45) is -4.98. The maximum absolute atomic E-state index is 13.3. The van der Waals surface area contributed by atoms with Crippen LogP contribution in [-0.2, 0) is 12.1 Å². The minimum Gasteiger partial charge on any atom is -0.451 e. The van der Waals surface area contributed by atoms with Gasteiger partial charge in [-0.15, -0.1) is 11.6 Å². The number of carbonyl (C=O) groups excluding carboxylic acids is 1. The minimum atomic E-state index is -4.98. The lowest BCUT2D eigenvalue weighted by Gasteiger charge is -2.06. The second-order valence-corrected chi connectivity index (χ2v) is 6.38. The van der Waals surface area contributed by atoms with Crippen LogP contribution in [-0.4, -0.2) is 21.9 Å². The third-order valence-electron chi connectivity index (χ3n) is 3.39. The summed E-state index contributed by atoms with van der Waals surface area (Å²) in [5, 5.41) is 2.14. The van der Waals surface area contributed by atoms with Crippen molar-refractivity contribution in [3.63, 3.8) is 0 Å². The first kappa shape index (κ1) is 21.0. The molecule has 0 unspecified atom stereocenters. The van der Waals surface area contributed by atoms with Crippen molar-refractivity contribution >= 4 is 34.2 Å². The van der Waals surface area contributed by atoms with E-state index in [1.807, 2.05) is 0 Å². The molecule has 1 amide bonds. The second kappa shape index (κ2) is 8.33. The molecule has 0 bridgehead atoms. The van der Waals surface area contributed by atoms with Crippen LogP contribution in [0.15, 0.2) is 34.7 Å². The van der Waals surface area contributed by atoms with E-state index in [1.165, 1.54) is 18.2 Å². The monoisotopic (exact) mass is 453 g/mol. The highest BCUT2D eigenvalue weighted by Crippen LogP contribution is 2.38. The number of aromatic nitrogens is 2. The summed E-state index contributed by atoms with van der Waals surface area (Å²) in [5.41, 5.74) is -0.802. The Morgan fingerprint density at radius 1 is 1.31 bits per heavy atom. The summed E-state index contributed by atoms with van der Waals surface area (Å²) in [6.45, 7) is -3.11. The summed E-state index contributed by atoms with van der Waals surface area (Å²) < 4.78 is 77.6. The summed E-state index contributed by atoms with van der Waals surface area (Å²) >= 11 is 6.29. The quantitative estimate of drug-likeness (QED) is 0.399. The van der Waals surface area contributed by atoms with Crippen molar-refractivity contribution in [3.8, 4) is 17.1 Å². The molecule has 6 nitrogen and oxygen atoms in total. The zero-order valence-electron chi connectivity index (χ0n) is 14.0. The smallest absolute Gasteiger partial charge is 0.450 e. The Balaban J connectivity index is 1.95. The number of nitrogens with one attached hydrogen (secondary N) is 1. The maximum Gasteiger partial charge on any atom is 0.450 e. The fraction of sp³-hybridized carbons (Fsp3) is 0.188. The van der Waals surface area contributed by atoms with Gasteiger partial charge in [0.05, 0.1) is 11.4 Å². The molecule has 0 spiro atoms. The van der Waals surface area contributed by atoms with Crippen LogP contribution in [0.2, 0.25) is 0 Å². The molecule has 2 aromatic heterocycles. The molecule has 2 heterocycles. The minimum absolute atomic E-state index is 0.00745. The summed E-state index contributed by atoms with van der Waals surface area (Å²) in [7, 11) is 0. The number of nitrogens with zero attached hydrogens (tertiary/aromatic N) is 2. The van der Waals surface area contributed by atoms with Gasteiger partial charge in [-0.2, -0.15) is 26.3 Å². The van der Waals surface area contributed by atoms with Crippen LogP contribution in [0.4, 0.5) is 27.1 Å². The van der Waals surface area contributed by atoms with Gasteiger partial charge in [0.1, 0.15) is 11.5 Å². The molecule has 0 aliphatic rings. The van der Waals surface area contributed by atoms with Crippen LogP contribution in [0.5, 0.6) is 5.75 Å². The maximum atomic E-state index is 13.3. The summed E-state index contributed by atoms with van der Waals surface area (Å²) in [6, 6.07) is 5.71. The second-order valence-electron chi connectivity index (χ2n) is 5.36. The molecule has 3 rings (SSSR count). The van der Waals surface area contributed by atoms with Crippen molar-refractivity contribution in [1.82, 2.24) is 9.36 Å². The van der Waals surface area contributed by atoms with Gasteiger partial charge in [-0.05, 0) is 18.2 Å². The van der Waals surface area contributed by atoms with Crippen molar-refractivity contribution in [2.45, 2.75) is 18.7 Å². The predicted molar refractivity (Wildman–Crippen MR) is 93.2 cm³/mol. The van der Waals surface area contributed by atoms with Crippen LogP contribution in [0, 0.1) is 0 Å². The standard InChI is InChI=1S/C16H9ClF5N3O3S/c17-6-11-23-15(29-25-11)24-13(26)9-5-10(28-12(9)16(20,21)22)7-2-1-3-8(4-7)27-14(18)19/h1-5,14H,6H2,(H,23,24,25,26). The van der Waals surface area contributed by atoms with Gasteiger partial charge in [-0.25, -0.2) is 4.98 Å². The van der Waals surface area contributed by atoms with E-state index in [9.17, 15) is 26.7 Å². The molecular weight excluding hydrogens is 445 g/mol. The molecule has 29 heavy (non-hydrogen) atoms. The van der Waals surface area contributed by atoms with E-state index in [-0.39, 0.29) is 33.9 Å². The Morgan fingerprint density at radius 2 is 2.07 bits per heavy atom. The number of anilines is 1. The van der Waals surface area contributed by atoms with Gasteiger partial charge < -0.3 is 9.15 Å². The molecule has 0 radical (unpaired) electrons. The van der Waals surface area contributed by atoms with Crippen molar-refractivity contribution in [2.75, 3.05) is 5.32 Å². The van der Waals surface area contributed by atoms with Crippen molar-refractivity contribution in [3.05, 3.63) is 47.5 Å². The van der Waals surface area contributed by atoms with E-state index in [4.69, 9.17) is 16.0 Å². The summed E-state index contributed by atoms with van der Waals surface area (Å²) in [4.78, 5) is 16.2. The lowest BCUT2D eigenvalue weighted by molar-refractivity contribution is -0.153. The number of hydrogen-bond acceptors (Lipinski definition) is 6. The zero-order chi connectivity index (χ0) is 21.2. The number of halogens is 6. The fourth-order valence-electron chi connectivity index (χ4n) is 2.26. The molecule has 0 aliphatic carbocycles. The molecule has 154 valence electrons. The number of amides is 1. The van der Waals surface area contributed by atoms with E-state index in [0.29, 0.717) is 0 Å². The van der Waals surface area contributed by atoms with Crippen molar-refractivity contribution in [1.29, 1.82) is 0 Å². The molecular formula is C16H9ClF5N3O3S. The largest absolute Gasteiger partial charge is 0.451 e. The molecule has 0 aliphatic heterocycles. The third kappa shape index (κ3) is 5.01. The number of furan rings is 1.